The molecule has 2 heterocycles. The molecule has 0 bridgehead atoms. The molecule has 0 atom stereocenters. The minimum absolute atomic E-state index is 0.691. The summed E-state index contributed by atoms with van der Waals surface area (Å²) in [5.74, 6) is 1.44. The van der Waals surface area contributed by atoms with E-state index in [1.54, 1.807) is 30.7 Å². The SMILES string of the molecule is Brc1ncccc1Oc1ccncc1. The molecule has 2 aromatic heterocycles. The van der Waals surface area contributed by atoms with E-state index in [1.807, 2.05) is 12.1 Å². The molecule has 3 nitrogen and oxygen atoms in total. The predicted molar refractivity (Wildman–Crippen MR) is 56.2 cm³/mol. The Hall–Kier alpha value is -1.42. The molecule has 2 aromatic rings. The number of nitrogens with zero attached hydrogens (tertiary/aromatic N) is 2. The van der Waals surface area contributed by atoms with Crippen molar-refractivity contribution in [1.82, 2.24) is 9.97 Å². The average Bonchev–Trinajstić information content (AvgIpc) is 2.23. The molecule has 0 saturated carbocycles. The summed E-state index contributed by atoms with van der Waals surface area (Å²) in [6.45, 7) is 0. The molecule has 0 aliphatic carbocycles. The van der Waals surface area contributed by atoms with Gasteiger partial charge in [-0.15, -0.1) is 0 Å². The minimum Gasteiger partial charge on any atom is -0.454 e. The fourth-order valence-electron chi connectivity index (χ4n) is 0.981. The second kappa shape index (κ2) is 4.19. The van der Waals surface area contributed by atoms with E-state index in [9.17, 15) is 0 Å². The summed E-state index contributed by atoms with van der Waals surface area (Å²) in [5, 5.41) is 0. The van der Waals surface area contributed by atoms with Crippen molar-refractivity contribution in [2.45, 2.75) is 0 Å². The predicted octanol–water partition coefficient (Wildman–Crippen LogP) is 3.03. The van der Waals surface area contributed by atoms with Gasteiger partial charge < -0.3 is 4.74 Å². The van der Waals surface area contributed by atoms with Crippen LogP contribution in [0.2, 0.25) is 0 Å². The Balaban J connectivity index is 2.24. The lowest BCUT2D eigenvalue weighted by atomic mass is 10.4. The van der Waals surface area contributed by atoms with Gasteiger partial charge in [0.15, 0.2) is 5.75 Å². The van der Waals surface area contributed by atoms with E-state index in [0.717, 1.165) is 5.75 Å². The van der Waals surface area contributed by atoms with E-state index in [2.05, 4.69) is 25.9 Å². The van der Waals surface area contributed by atoms with Crippen molar-refractivity contribution >= 4 is 15.9 Å². The molecule has 0 N–H and O–H groups in total. The van der Waals surface area contributed by atoms with E-state index in [-0.39, 0.29) is 0 Å². The van der Waals surface area contributed by atoms with Crippen molar-refractivity contribution in [1.29, 1.82) is 0 Å². The minimum atomic E-state index is 0.691. The van der Waals surface area contributed by atoms with E-state index < -0.39 is 0 Å². The first-order valence-electron chi connectivity index (χ1n) is 4.04. The van der Waals surface area contributed by atoms with Crippen molar-refractivity contribution in [2.24, 2.45) is 0 Å². The second-order valence-electron chi connectivity index (χ2n) is 2.58. The van der Waals surface area contributed by atoms with E-state index >= 15 is 0 Å². The molecule has 14 heavy (non-hydrogen) atoms. The summed E-state index contributed by atoms with van der Waals surface area (Å²) in [5.41, 5.74) is 0. The number of hydrogen-bond donors (Lipinski definition) is 0. The standard InChI is InChI=1S/C10H7BrN2O/c11-10-9(2-1-5-13-10)14-8-3-6-12-7-4-8/h1-7H. The summed E-state index contributed by atoms with van der Waals surface area (Å²) in [6, 6.07) is 7.25. The van der Waals surface area contributed by atoms with Crippen LogP contribution in [0.25, 0.3) is 0 Å². The van der Waals surface area contributed by atoms with E-state index in [4.69, 9.17) is 4.74 Å². The summed E-state index contributed by atoms with van der Waals surface area (Å²) in [4.78, 5) is 7.95. The largest absolute Gasteiger partial charge is 0.454 e. The Bertz CT molecular complexity index is 419. The van der Waals surface area contributed by atoms with E-state index in [1.165, 1.54) is 0 Å². The molecule has 0 unspecified atom stereocenters. The van der Waals surface area contributed by atoms with Crippen LogP contribution in [0.3, 0.4) is 0 Å². The van der Waals surface area contributed by atoms with Crippen LogP contribution >= 0.6 is 15.9 Å². The number of pyridine rings is 2. The maximum Gasteiger partial charge on any atom is 0.160 e. The van der Waals surface area contributed by atoms with Crippen LogP contribution in [-0.4, -0.2) is 9.97 Å². The number of hydrogen-bond acceptors (Lipinski definition) is 3. The van der Waals surface area contributed by atoms with Gasteiger partial charge in [-0.25, -0.2) is 4.98 Å². The molecule has 0 spiro atoms. The van der Waals surface area contributed by atoms with Crippen LogP contribution in [0.1, 0.15) is 0 Å². The molecule has 0 aromatic carbocycles. The fraction of sp³-hybridized carbons (Fsp3) is 0. The molecule has 4 heteroatoms. The van der Waals surface area contributed by atoms with Crippen LogP contribution in [-0.2, 0) is 0 Å². The second-order valence-corrected chi connectivity index (χ2v) is 3.33. The number of aromatic nitrogens is 2. The molecular formula is C10H7BrN2O. The Labute approximate surface area is 89.9 Å². The summed E-state index contributed by atoms with van der Waals surface area (Å²) in [6.07, 6.45) is 5.06. The van der Waals surface area contributed by atoms with Gasteiger partial charge in [-0.05, 0) is 40.2 Å². The summed E-state index contributed by atoms with van der Waals surface area (Å²) < 4.78 is 6.25. The third-order valence-corrected chi connectivity index (χ3v) is 2.20. The van der Waals surface area contributed by atoms with Gasteiger partial charge in [0.05, 0.1) is 0 Å². The normalized spacial score (nSPS) is 9.79. The van der Waals surface area contributed by atoms with Gasteiger partial charge >= 0.3 is 0 Å². The molecule has 70 valence electrons. The Morgan fingerprint density at radius 3 is 2.57 bits per heavy atom. The summed E-state index contributed by atoms with van der Waals surface area (Å²) in [7, 11) is 0. The lowest BCUT2D eigenvalue weighted by molar-refractivity contribution is 0.476. The van der Waals surface area contributed by atoms with Crippen LogP contribution in [0.5, 0.6) is 11.5 Å². The number of ether oxygens (including phenoxy) is 1. The van der Waals surface area contributed by atoms with Crippen molar-refractivity contribution in [2.75, 3.05) is 0 Å². The van der Waals surface area contributed by atoms with Crippen molar-refractivity contribution < 1.29 is 4.74 Å². The third kappa shape index (κ3) is 2.09. The third-order valence-electron chi connectivity index (χ3n) is 1.60. The Kier molecular flexibility index (Phi) is 2.74. The molecule has 0 aliphatic rings. The van der Waals surface area contributed by atoms with Crippen molar-refractivity contribution in [3.8, 4) is 11.5 Å². The summed E-state index contributed by atoms with van der Waals surface area (Å²) >= 11 is 3.30. The van der Waals surface area contributed by atoms with Gasteiger partial charge in [0.1, 0.15) is 10.4 Å². The maximum atomic E-state index is 5.56. The van der Waals surface area contributed by atoms with Gasteiger partial charge in [0, 0.05) is 18.6 Å². The molecule has 0 fully saturated rings. The van der Waals surface area contributed by atoms with Crippen LogP contribution in [0.4, 0.5) is 0 Å². The smallest absolute Gasteiger partial charge is 0.160 e. The molecule has 0 saturated heterocycles. The first-order chi connectivity index (χ1) is 6.86. The molecule has 0 aliphatic heterocycles. The highest BCUT2D eigenvalue weighted by Crippen LogP contribution is 2.26. The monoisotopic (exact) mass is 250 g/mol. The highest BCUT2D eigenvalue weighted by Gasteiger charge is 2.01. The van der Waals surface area contributed by atoms with Crippen LogP contribution in [0.15, 0.2) is 47.5 Å². The van der Waals surface area contributed by atoms with Gasteiger partial charge in [-0.1, -0.05) is 0 Å². The van der Waals surface area contributed by atoms with Crippen LogP contribution in [0, 0.1) is 0 Å². The Morgan fingerprint density at radius 1 is 1.07 bits per heavy atom. The zero-order valence-electron chi connectivity index (χ0n) is 7.22. The van der Waals surface area contributed by atoms with Crippen molar-refractivity contribution in [3.05, 3.63) is 47.5 Å². The maximum absolute atomic E-state index is 5.56. The molecule has 0 radical (unpaired) electrons. The lowest BCUT2D eigenvalue weighted by Crippen LogP contribution is -1.86. The van der Waals surface area contributed by atoms with Gasteiger partial charge in [0.2, 0.25) is 0 Å². The topological polar surface area (TPSA) is 35.0 Å². The number of halogens is 1. The van der Waals surface area contributed by atoms with Crippen LogP contribution < -0.4 is 4.74 Å². The van der Waals surface area contributed by atoms with E-state index in [0.29, 0.717) is 10.4 Å². The highest BCUT2D eigenvalue weighted by molar-refractivity contribution is 9.10. The zero-order valence-corrected chi connectivity index (χ0v) is 8.81. The quantitative estimate of drug-likeness (QED) is 0.769. The van der Waals surface area contributed by atoms with Gasteiger partial charge in [-0.3, -0.25) is 4.98 Å². The lowest BCUT2D eigenvalue weighted by Gasteiger charge is -2.05. The Morgan fingerprint density at radius 2 is 1.86 bits per heavy atom. The zero-order chi connectivity index (χ0) is 9.80. The first-order valence-corrected chi connectivity index (χ1v) is 4.84. The molecule has 0 amide bonds. The average molecular weight is 251 g/mol. The highest BCUT2D eigenvalue weighted by atomic mass is 79.9. The molecular weight excluding hydrogens is 244 g/mol. The van der Waals surface area contributed by atoms with Crippen molar-refractivity contribution in [3.63, 3.8) is 0 Å². The van der Waals surface area contributed by atoms with Gasteiger partial charge in [0.25, 0.3) is 0 Å². The number of rotatable bonds is 2. The molecule has 2 rings (SSSR count). The fourth-order valence-corrected chi connectivity index (χ4v) is 1.31. The van der Waals surface area contributed by atoms with Gasteiger partial charge in [-0.2, -0.15) is 0 Å². The first kappa shape index (κ1) is 9.15.